The van der Waals surface area contributed by atoms with Crippen LogP contribution in [0.25, 0.3) is 5.65 Å². The van der Waals surface area contributed by atoms with E-state index in [0.717, 1.165) is 11.2 Å². The topological polar surface area (TPSA) is 50.5 Å². The van der Waals surface area contributed by atoms with E-state index in [-0.39, 0.29) is 17.0 Å². The predicted octanol–water partition coefficient (Wildman–Crippen LogP) is 3.01. The molecule has 0 radical (unpaired) electrons. The SMILES string of the molecule is C[C@H](Sc1nnc2ccccn12)C(=O)N(C)Cc1cccc(F)c1. The molecule has 1 aromatic carbocycles. The van der Waals surface area contributed by atoms with Crippen molar-refractivity contribution < 1.29 is 9.18 Å². The number of carbonyl (C=O) groups excluding carboxylic acids is 1. The van der Waals surface area contributed by atoms with Crippen molar-refractivity contribution >= 4 is 23.3 Å². The minimum Gasteiger partial charge on any atom is -0.340 e. The lowest BCUT2D eigenvalue weighted by molar-refractivity contribution is -0.129. The second kappa shape index (κ2) is 7.00. The van der Waals surface area contributed by atoms with Gasteiger partial charge < -0.3 is 4.90 Å². The first-order valence-electron chi connectivity index (χ1n) is 7.50. The lowest BCUT2D eigenvalue weighted by Crippen LogP contribution is -2.32. The predicted molar refractivity (Wildman–Crippen MR) is 91.2 cm³/mol. The highest BCUT2D eigenvalue weighted by Crippen LogP contribution is 2.23. The van der Waals surface area contributed by atoms with Crippen molar-refractivity contribution in [3.8, 4) is 0 Å². The smallest absolute Gasteiger partial charge is 0.235 e. The van der Waals surface area contributed by atoms with E-state index < -0.39 is 0 Å². The van der Waals surface area contributed by atoms with E-state index in [1.54, 1.807) is 24.1 Å². The molecule has 0 fully saturated rings. The number of benzene rings is 1. The van der Waals surface area contributed by atoms with Crippen LogP contribution >= 0.6 is 11.8 Å². The van der Waals surface area contributed by atoms with E-state index in [9.17, 15) is 9.18 Å². The van der Waals surface area contributed by atoms with Crippen molar-refractivity contribution in [3.05, 3.63) is 60.0 Å². The van der Waals surface area contributed by atoms with E-state index in [1.807, 2.05) is 35.7 Å². The zero-order valence-electron chi connectivity index (χ0n) is 13.4. The van der Waals surface area contributed by atoms with Crippen molar-refractivity contribution in [2.24, 2.45) is 0 Å². The maximum atomic E-state index is 13.3. The molecule has 24 heavy (non-hydrogen) atoms. The summed E-state index contributed by atoms with van der Waals surface area (Å²) in [5, 5.41) is 8.56. The van der Waals surface area contributed by atoms with Crippen LogP contribution in [-0.2, 0) is 11.3 Å². The largest absolute Gasteiger partial charge is 0.340 e. The zero-order chi connectivity index (χ0) is 17.1. The molecule has 0 saturated heterocycles. The number of halogens is 1. The normalized spacial score (nSPS) is 12.3. The van der Waals surface area contributed by atoms with E-state index in [0.29, 0.717) is 11.7 Å². The molecule has 3 aromatic rings. The molecule has 0 N–H and O–H groups in total. The molecule has 0 aliphatic carbocycles. The average Bonchev–Trinajstić information content (AvgIpc) is 2.97. The number of fused-ring (bicyclic) bond motifs is 1. The van der Waals surface area contributed by atoms with Gasteiger partial charge in [0, 0.05) is 19.8 Å². The highest BCUT2D eigenvalue weighted by Gasteiger charge is 2.21. The highest BCUT2D eigenvalue weighted by molar-refractivity contribution is 8.00. The Hall–Kier alpha value is -2.41. The van der Waals surface area contributed by atoms with Crippen LogP contribution in [0.15, 0.2) is 53.8 Å². The molecule has 0 aliphatic heterocycles. The van der Waals surface area contributed by atoms with Gasteiger partial charge in [0.05, 0.1) is 5.25 Å². The van der Waals surface area contributed by atoms with Gasteiger partial charge in [-0.2, -0.15) is 0 Å². The van der Waals surface area contributed by atoms with Crippen molar-refractivity contribution in [2.75, 3.05) is 7.05 Å². The Morgan fingerprint density at radius 3 is 2.92 bits per heavy atom. The van der Waals surface area contributed by atoms with Crippen molar-refractivity contribution in [2.45, 2.75) is 23.9 Å². The molecule has 3 rings (SSSR count). The van der Waals surface area contributed by atoms with E-state index in [4.69, 9.17) is 0 Å². The summed E-state index contributed by atoms with van der Waals surface area (Å²) in [4.78, 5) is 14.1. The lowest BCUT2D eigenvalue weighted by atomic mass is 10.2. The number of nitrogens with zero attached hydrogens (tertiary/aromatic N) is 4. The Morgan fingerprint density at radius 2 is 2.12 bits per heavy atom. The second-order valence-corrected chi connectivity index (χ2v) is 6.80. The number of pyridine rings is 1. The zero-order valence-corrected chi connectivity index (χ0v) is 14.2. The van der Waals surface area contributed by atoms with Crippen LogP contribution in [0.2, 0.25) is 0 Å². The fourth-order valence-electron chi connectivity index (χ4n) is 2.41. The van der Waals surface area contributed by atoms with Gasteiger partial charge in [-0.25, -0.2) is 4.39 Å². The van der Waals surface area contributed by atoms with E-state index in [1.165, 1.54) is 23.9 Å². The van der Waals surface area contributed by atoms with Crippen LogP contribution in [0.4, 0.5) is 4.39 Å². The number of rotatable bonds is 5. The van der Waals surface area contributed by atoms with Crippen LogP contribution < -0.4 is 0 Å². The van der Waals surface area contributed by atoms with Crippen LogP contribution in [-0.4, -0.2) is 37.7 Å². The van der Waals surface area contributed by atoms with Gasteiger partial charge >= 0.3 is 0 Å². The molecular formula is C17H17FN4OS. The fourth-order valence-corrected chi connectivity index (χ4v) is 3.36. The Kier molecular flexibility index (Phi) is 4.80. The number of carbonyl (C=O) groups is 1. The highest BCUT2D eigenvalue weighted by atomic mass is 32.2. The maximum Gasteiger partial charge on any atom is 0.235 e. The molecule has 2 heterocycles. The molecule has 0 aliphatic rings. The van der Waals surface area contributed by atoms with Gasteiger partial charge in [0.2, 0.25) is 5.91 Å². The van der Waals surface area contributed by atoms with Crippen LogP contribution in [0.3, 0.4) is 0 Å². The molecule has 5 nitrogen and oxygen atoms in total. The van der Waals surface area contributed by atoms with Crippen LogP contribution in [0, 0.1) is 5.82 Å². The maximum absolute atomic E-state index is 13.3. The fraction of sp³-hybridized carbons (Fsp3) is 0.235. The number of hydrogen-bond donors (Lipinski definition) is 0. The minimum absolute atomic E-state index is 0.0445. The summed E-state index contributed by atoms with van der Waals surface area (Å²) in [6.07, 6.45) is 1.87. The molecule has 1 amide bonds. The molecule has 2 aromatic heterocycles. The Balaban J connectivity index is 1.67. The van der Waals surface area contributed by atoms with E-state index >= 15 is 0 Å². The molecular weight excluding hydrogens is 327 g/mol. The number of thioether (sulfide) groups is 1. The van der Waals surface area contributed by atoms with Gasteiger partial charge in [0.15, 0.2) is 10.8 Å². The third-order valence-electron chi connectivity index (χ3n) is 3.60. The summed E-state index contributed by atoms with van der Waals surface area (Å²) < 4.78 is 15.1. The van der Waals surface area contributed by atoms with Gasteiger partial charge in [-0.3, -0.25) is 9.20 Å². The molecule has 7 heteroatoms. The van der Waals surface area contributed by atoms with Gasteiger partial charge in [0.25, 0.3) is 0 Å². The van der Waals surface area contributed by atoms with Crippen LogP contribution in [0.1, 0.15) is 12.5 Å². The molecule has 124 valence electrons. The Morgan fingerprint density at radius 1 is 1.29 bits per heavy atom. The van der Waals surface area contributed by atoms with Crippen LogP contribution in [0.5, 0.6) is 0 Å². The lowest BCUT2D eigenvalue weighted by Gasteiger charge is -2.20. The van der Waals surface area contributed by atoms with Crippen molar-refractivity contribution in [1.29, 1.82) is 0 Å². The number of hydrogen-bond acceptors (Lipinski definition) is 4. The minimum atomic E-state index is -0.323. The molecule has 0 bridgehead atoms. The summed E-state index contributed by atoms with van der Waals surface area (Å²) >= 11 is 1.35. The third-order valence-corrected chi connectivity index (χ3v) is 4.64. The quantitative estimate of drug-likeness (QED) is 0.668. The first kappa shape index (κ1) is 16.4. The third kappa shape index (κ3) is 3.56. The molecule has 0 spiro atoms. The second-order valence-electron chi connectivity index (χ2n) is 5.50. The monoisotopic (exact) mass is 344 g/mol. The summed E-state index contributed by atoms with van der Waals surface area (Å²) in [6, 6.07) is 11.9. The van der Waals surface area contributed by atoms with Gasteiger partial charge in [-0.15, -0.1) is 10.2 Å². The first-order valence-corrected chi connectivity index (χ1v) is 8.38. The van der Waals surface area contributed by atoms with Crippen molar-refractivity contribution in [1.82, 2.24) is 19.5 Å². The number of amides is 1. The average molecular weight is 344 g/mol. The summed E-state index contributed by atoms with van der Waals surface area (Å²) in [5.74, 6) is -0.345. The first-order chi connectivity index (χ1) is 11.5. The molecule has 0 unspecified atom stereocenters. The van der Waals surface area contributed by atoms with E-state index in [2.05, 4.69) is 10.2 Å². The van der Waals surface area contributed by atoms with Crippen molar-refractivity contribution in [3.63, 3.8) is 0 Å². The van der Waals surface area contributed by atoms with Gasteiger partial charge in [-0.05, 0) is 36.8 Å². The Bertz CT molecular complexity index is 866. The molecule has 1 atom stereocenters. The summed E-state index contributed by atoms with van der Waals surface area (Å²) in [6.45, 7) is 2.20. The summed E-state index contributed by atoms with van der Waals surface area (Å²) in [5.41, 5.74) is 1.50. The molecule has 0 saturated carbocycles. The summed E-state index contributed by atoms with van der Waals surface area (Å²) in [7, 11) is 1.71. The Labute approximate surface area is 143 Å². The van der Waals surface area contributed by atoms with Gasteiger partial charge in [-0.1, -0.05) is 30.0 Å². The number of aromatic nitrogens is 3. The van der Waals surface area contributed by atoms with Gasteiger partial charge in [0.1, 0.15) is 5.82 Å². The standard InChI is InChI=1S/C17H17FN4OS/c1-12(24-17-20-19-15-8-3-4-9-22(15)17)16(23)21(2)11-13-6-5-7-14(18)10-13/h3-10,12H,11H2,1-2H3/t12-/m0/s1.